The van der Waals surface area contributed by atoms with Crippen LogP contribution in [0.3, 0.4) is 0 Å². The van der Waals surface area contributed by atoms with Gasteiger partial charge < -0.3 is 0 Å². The van der Waals surface area contributed by atoms with Crippen molar-refractivity contribution < 1.29 is 30.0 Å². The number of nitrogens with one attached hydrogen (secondary N) is 1. The van der Waals surface area contributed by atoms with Crippen LogP contribution in [0.4, 0.5) is 13.2 Å². The first-order chi connectivity index (χ1) is 12.5. The normalized spacial score (nSPS) is 24.9. The number of hydrogen-bond donors (Lipinski definition) is 1. The highest BCUT2D eigenvalue weighted by atomic mass is 32.2. The van der Waals surface area contributed by atoms with Crippen molar-refractivity contribution in [2.75, 3.05) is 24.6 Å². The van der Waals surface area contributed by atoms with Crippen LogP contribution in [0.1, 0.15) is 24.8 Å². The van der Waals surface area contributed by atoms with Gasteiger partial charge in [-0.25, -0.2) is 21.6 Å². The fraction of sp³-hybridized carbons (Fsp3) is 0.625. The molecule has 2 saturated heterocycles. The third-order valence-corrected chi connectivity index (χ3v) is 8.35. The maximum atomic E-state index is 12.6. The molecule has 0 aliphatic carbocycles. The Morgan fingerprint density at radius 2 is 1.63 bits per heavy atom. The Balaban J connectivity index is 1.58. The van der Waals surface area contributed by atoms with Crippen molar-refractivity contribution in [3.05, 3.63) is 29.8 Å². The van der Waals surface area contributed by atoms with Crippen molar-refractivity contribution in [3.63, 3.8) is 0 Å². The minimum absolute atomic E-state index is 0.0116. The Labute approximate surface area is 156 Å². The number of sulfone groups is 1. The summed E-state index contributed by atoms with van der Waals surface area (Å²) < 4.78 is 88.3. The third kappa shape index (κ3) is 5.01. The maximum Gasteiger partial charge on any atom is 0.416 e. The highest BCUT2D eigenvalue weighted by Gasteiger charge is 2.35. The van der Waals surface area contributed by atoms with Gasteiger partial charge in [0.25, 0.3) is 0 Å². The lowest BCUT2D eigenvalue weighted by atomic mass is 10.0. The molecule has 6 nitrogen and oxygen atoms in total. The molecule has 1 N–H and O–H groups in total. The number of benzene rings is 1. The van der Waals surface area contributed by atoms with Crippen LogP contribution >= 0.6 is 0 Å². The quantitative estimate of drug-likeness (QED) is 0.791. The zero-order valence-electron chi connectivity index (χ0n) is 14.4. The Morgan fingerprint density at radius 3 is 2.11 bits per heavy atom. The molecule has 0 bridgehead atoms. The number of halogens is 3. The number of nitrogens with zero attached hydrogens (tertiary/aromatic N) is 1. The smallest absolute Gasteiger partial charge is 0.299 e. The van der Waals surface area contributed by atoms with Crippen LogP contribution in [0.2, 0.25) is 0 Å². The third-order valence-electron chi connectivity index (χ3n) is 5.07. The fourth-order valence-corrected chi connectivity index (χ4v) is 6.62. The van der Waals surface area contributed by atoms with Crippen LogP contribution in [0.25, 0.3) is 0 Å². The van der Waals surface area contributed by atoms with E-state index in [1.807, 2.05) is 0 Å². The van der Waals surface area contributed by atoms with Gasteiger partial charge in [0, 0.05) is 12.1 Å². The van der Waals surface area contributed by atoms with Crippen molar-refractivity contribution in [2.24, 2.45) is 0 Å². The second-order valence-corrected chi connectivity index (χ2v) is 11.0. The predicted molar refractivity (Wildman–Crippen MR) is 93.4 cm³/mol. The molecule has 2 fully saturated rings. The molecule has 0 radical (unpaired) electrons. The van der Waals surface area contributed by atoms with Gasteiger partial charge in [0.1, 0.15) is 0 Å². The van der Waals surface area contributed by atoms with Gasteiger partial charge in [-0.15, -0.1) is 0 Å². The summed E-state index contributed by atoms with van der Waals surface area (Å²) in [5, 5.41) is 0. The SMILES string of the molecule is O=S1(=O)CC[C@H](N2CCC(NS(=O)(=O)c3ccc(C(F)(F)F)cc3)CC2)C1. The van der Waals surface area contributed by atoms with Crippen molar-refractivity contribution in [3.8, 4) is 0 Å². The van der Waals surface area contributed by atoms with Crippen molar-refractivity contribution >= 4 is 19.9 Å². The summed E-state index contributed by atoms with van der Waals surface area (Å²) in [6.45, 7) is 1.17. The summed E-state index contributed by atoms with van der Waals surface area (Å²) >= 11 is 0. The highest BCUT2D eigenvalue weighted by Crippen LogP contribution is 2.30. The van der Waals surface area contributed by atoms with E-state index in [4.69, 9.17) is 0 Å². The molecule has 0 amide bonds. The molecule has 1 aromatic rings. The minimum atomic E-state index is -4.52. The summed E-state index contributed by atoms with van der Waals surface area (Å²) in [5.74, 6) is 0.340. The Hall–Kier alpha value is -1.17. The van der Waals surface area contributed by atoms with Gasteiger partial charge in [-0.3, -0.25) is 4.90 Å². The number of rotatable bonds is 4. The lowest BCUT2D eigenvalue weighted by Crippen LogP contribution is -2.48. The molecule has 11 heteroatoms. The Bertz CT molecular complexity index is 875. The van der Waals surface area contributed by atoms with E-state index in [1.165, 1.54) is 0 Å². The van der Waals surface area contributed by atoms with Crippen molar-refractivity contribution in [1.82, 2.24) is 9.62 Å². The minimum Gasteiger partial charge on any atom is -0.299 e. The van der Waals surface area contributed by atoms with Crippen LogP contribution in [0.15, 0.2) is 29.2 Å². The Kier molecular flexibility index (Phi) is 5.59. The number of sulfonamides is 1. The standard InChI is InChI=1S/C16H21F3N2O4S2/c17-16(18,19)12-1-3-15(4-2-12)27(24,25)20-13-5-8-21(9-6-13)14-7-10-26(22,23)11-14/h1-4,13-14,20H,5-11H2/t14-/m0/s1. The first-order valence-corrected chi connectivity index (χ1v) is 11.9. The van der Waals surface area contributed by atoms with E-state index in [1.54, 1.807) is 0 Å². The molecule has 1 aromatic carbocycles. The maximum absolute atomic E-state index is 12.6. The number of hydrogen-bond acceptors (Lipinski definition) is 5. The van der Waals surface area contributed by atoms with Crippen molar-refractivity contribution in [1.29, 1.82) is 0 Å². The van der Waals surface area contributed by atoms with E-state index in [2.05, 4.69) is 9.62 Å². The average molecular weight is 426 g/mol. The summed E-state index contributed by atoms with van der Waals surface area (Å²) in [7, 11) is -6.88. The largest absolute Gasteiger partial charge is 0.416 e. The lowest BCUT2D eigenvalue weighted by molar-refractivity contribution is -0.137. The van der Waals surface area contributed by atoms with Crippen LogP contribution in [-0.4, -0.2) is 58.4 Å². The van der Waals surface area contributed by atoms with Gasteiger partial charge in [0.15, 0.2) is 9.84 Å². The van der Waals surface area contributed by atoms with E-state index in [0.29, 0.717) is 32.4 Å². The molecule has 27 heavy (non-hydrogen) atoms. The lowest BCUT2D eigenvalue weighted by Gasteiger charge is -2.35. The molecular weight excluding hydrogens is 405 g/mol. The second kappa shape index (κ2) is 7.34. The Morgan fingerprint density at radius 1 is 1.04 bits per heavy atom. The predicted octanol–water partition coefficient (Wildman–Crippen LogP) is 1.64. The zero-order chi connectivity index (χ0) is 19.9. The van der Waals surface area contributed by atoms with E-state index in [-0.39, 0.29) is 28.5 Å². The summed E-state index contributed by atoms with van der Waals surface area (Å²) in [5.41, 5.74) is -0.902. The molecule has 0 saturated carbocycles. The molecule has 1 atom stereocenters. The van der Waals surface area contributed by atoms with Crippen LogP contribution in [0.5, 0.6) is 0 Å². The van der Waals surface area contributed by atoms with Gasteiger partial charge in [0.2, 0.25) is 10.0 Å². The highest BCUT2D eigenvalue weighted by molar-refractivity contribution is 7.91. The summed E-state index contributed by atoms with van der Waals surface area (Å²) in [6.07, 6.45) is -2.87. The van der Waals surface area contributed by atoms with Crippen LogP contribution < -0.4 is 4.72 Å². The van der Waals surface area contributed by atoms with Crippen molar-refractivity contribution in [2.45, 2.75) is 42.4 Å². The molecule has 2 heterocycles. The number of alkyl halides is 3. The molecule has 0 spiro atoms. The summed E-state index contributed by atoms with van der Waals surface area (Å²) in [4.78, 5) is 1.87. The second-order valence-electron chi connectivity index (χ2n) is 7.01. The van der Waals surface area contributed by atoms with Gasteiger partial charge >= 0.3 is 6.18 Å². The number of likely N-dealkylation sites (tertiary alicyclic amines) is 1. The zero-order valence-corrected chi connectivity index (χ0v) is 16.1. The molecule has 2 aliphatic rings. The number of piperidine rings is 1. The van der Waals surface area contributed by atoms with Gasteiger partial charge in [-0.2, -0.15) is 13.2 Å². The monoisotopic (exact) mass is 426 g/mol. The topological polar surface area (TPSA) is 83.6 Å². The molecule has 152 valence electrons. The summed E-state index contributed by atoms with van der Waals surface area (Å²) in [6, 6.07) is 3.05. The molecular formula is C16H21F3N2O4S2. The van der Waals surface area contributed by atoms with Crippen LogP contribution in [-0.2, 0) is 26.0 Å². The first kappa shape index (κ1) is 20.6. The van der Waals surface area contributed by atoms with E-state index in [0.717, 1.165) is 24.3 Å². The van der Waals surface area contributed by atoms with E-state index in [9.17, 15) is 30.0 Å². The van der Waals surface area contributed by atoms with Gasteiger partial charge in [-0.05, 0) is 56.6 Å². The van der Waals surface area contributed by atoms with E-state index >= 15 is 0 Å². The molecule has 3 rings (SSSR count). The molecule has 0 aromatic heterocycles. The van der Waals surface area contributed by atoms with Gasteiger partial charge in [-0.1, -0.05) is 0 Å². The fourth-order valence-electron chi connectivity index (χ4n) is 3.56. The molecule has 0 unspecified atom stereocenters. The van der Waals surface area contributed by atoms with Crippen LogP contribution in [0, 0.1) is 0 Å². The molecule has 2 aliphatic heterocycles. The first-order valence-electron chi connectivity index (χ1n) is 8.60. The van der Waals surface area contributed by atoms with Gasteiger partial charge in [0.05, 0.1) is 22.0 Å². The van der Waals surface area contributed by atoms with E-state index < -0.39 is 31.6 Å². The average Bonchev–Trinajstić information content (AvgIpc) is 2.94.